The van der Waals surface area contributed by atoms with Crippen LogP contribution in [0.2, 0.25) is 0 Å². The molecule has 3 rings (SSSR count). The van der Waals surface area contributed by atoms with Gasteiger partial charge in [-0.15, -0.1) is 0 Å². The van der Waals surface area contributed by atoms with Crippen LogP contribution in [0.4, 0.5) is 4.79 Å². The maximum Gasteiger partial charge on any atom is 0.314 e. The topological polar surface area (TPSA) is 88.4 Å². The number of aryl methyl sites for hydroxylation is 1. The van der Waals surface area contributed by atoms with Gasteiger partial charge in [-0.1, -0.05) is 24.3 Å². The third-order valence-corrected chi connectivity index (χ3v) is 4.35. The lowest BCUT2D eigenvalue weighted by Gasteiger charge is -2.13. The second-order valence-electron chi connectivity index (χ2n) is 6.21. The number of nitrogens with one attached hydrogen (secondary N) is 2. The second-order valence-corrected chi connectivity index (χ2v) is 6.21. The number of urea groups is 1. The van der Waals surface area contributed by atoms with E-state index in [2.05, 4.69) is 20.2 Å². The smallest absolute Gasteiger partial charge is 0.314 e. The first kappa shape index (κ1) is 18.7. The Morgan fingerprint density at radius 2 is 1.96 bits per heavy atom. The molecule has 0 aliphatic heterocycles. The van der Waals surface area contributed by atoms with Gasteiger partial charge < -0.3 is 25.0 Å². The largest absolute Gasteiger partial charge is 0.497 e. The number of hydrogen-bond acceptors (Lipinski definition) is 4. The van der Waals surface area contributed by atoms with Gasteiger partial charge in [0, 0.05) is 19.6 Å². The lowest BCUT2D eigenvalue weighted by molar-refractivity contribution is 0.173. The highest BCUT2D eigenvalue weighted by molar-refractivity contribution is 5.75. The molecule has 0 aliphatic rings. The number of aliphatic hydroxyl groups is 1. The van der Waals surface area contributed by atoms with E-state index in [1.54, 1.807) is 31.4 Å². The molecule has 0 fully saturated rings. The van der Waals surface area contributed by atoms with Crippen molar-refractivity contribution < 1.29 is 14.6 Å². The van der Waals surface area contributed by atoms with Gasteiger partial charge >= 0.3 is 6.03 Å². The summed E-state index contributed by atoms with van der Waals surface area (Å²) in [6.45, 7) is 1.45. The molecule has 1 unspecified atom stereocenters. The van der Waals surface area contributed by atoms with Crippen molar-refractivity contribution in [1.29, 1.82) is 0 Å². The van der Waals surface area contributed by atoms with Crippen LogP contribution in [0.5, 0.6) is 5.75 Å². The van der Waals surface area contributed by atoms with E-state index in [0.29, 0.717) is 6.54 Å². The van der Waals surface area contributed by atoms with Crippen LogP contribution in [-0.4, -0.2) is 40.9 Å². The summed E-state index contributed by atoms with van der Waals surface area (Å²) < 4.78 is 7.16. The molecule has 0 spiro atoms. The molecule has 2 amide bonds. The Balaban J connectivity index is 1.37. The fourth-order valence-corrected chi connectivity index (χ4v) is 2.84. The number of benzene rings is 2. The van der Waals surface area contributed by atoms with E-state index in [1.165, 1.54) is 0 Å². The standard InChI is InChI=1S/C20H24N4O3/c1-27-16-9-7-15(8-10-16)19(25)13-22-20(26)21-11-4-12-24-14-23-17-5-2-3-6-18(17)24/h2-3,5-10,14,19,25H,4,11-13H2,1H3,(H2,21,22,26). The van der Waals surface area contributed by atoms with Gasteiger partial charge in [0.2, 0.25) is 0 Å². The van der Waals surface area contributed by atoms with Gasteiger partial charge in [0.05, 0.1) is 30.6 Å². The van der Waals surface area contributed by atoms with Crippen molar-refractivity contribution >= 4 is 17.1 Å². The molecular weight excluding hydrogens is 344 g/mol. The molecule has 0 bridgehead atoms. The van der Waals surface area contributed by atoms with Crippen molar-refractivity contribution in [2.75, 3.05) is 20.2 Å². The van der Waals surface area contributed by atoms with Crippen LogP contribution in [0.3, 0.4) is 0 Å². The zero-order valence-corrected chi connectivity index (χ0v) is 15.3. The third kappa shape index (κ3) is 4.98. The number of aliphatic hydroxyl groups excluding tert-OH is 1. The number of hydrogen-bond donors (Lipinski definition) is 3. The number of para-hydroxylation sites is 2. The Morgan fingerprint density at radius 3 is 2.74 bits per heavy atom. The monoisotopic (exact) mass is 368 g/mol. The molecule has 2 aromatic carbocycles. The normalized spacial score (nSPS) is 11.9. The van der Waals surface area contributed by atoms with E-state index in [4.69, 9.17) is 4.74 Å². The van der Waals surface area contributed by atoms with Crippen LogP contribution >= 0.6 is 0 Å². The molecule has 7 nitrogen and oxygen atoms in total. The first-order chi connectivity index (χ1) is 13.2. The molecular formula is C20H24N4O3. The Kier molecular flexibility index (Phi) is 6.27. The number of carbonyl (C=O) groups is 1. The van der Waals surface area contributed by atoms with E-state index >= 15 is 0 Å². The minimum absolute atomic E-state index is 0.143. The van der Waals surface area contributed by atoms with E-state index < -0.39 is 6.10 Å². The molecule has 0 radical (unpaired) electrons. The van der Waals surface area contributed by atoms with E-state index in [1.807, 2.05) is 30.6 Å². The van der Waals surface area contributed by atoms with Crippen LogP contribution in [0.25, 0.3) is 11.0 Å². The minimum atomic E-state index is -0.765. The molecule has 0 saturated carbocycles. The average molecular weight is 368 g/mol. The van der Waals surface area contributed by atoms with Crippen molar-refractivity contribution in [2.45, 2.75) is 19.1 Å². The molecule has 27 heavy (non-hydrogen) atoms. The predicted molar refractivity (Wildman–Crippen MR) is 104 cm³/mol. The van der Waals surface area contributed by atoms with E-state index in [9.17, 15) is 9.90 Å². The predicted octanol–water partition coefficient (Wildman–Crippen LogP) is 2.47. The molecule has 1 atom stereocenters. The van der Waals surface area contributed by atoms with Gasteiger partial charge in [-0.3, -0.25) is 0 Å². The molecule has 1 heterocycles. The van der Waals surface area contributed by atoms with E-state index in [0.717, 1.165) is 35.3 Å². The van der Waals surface area contributed by atoms with E-state index in [-0.39, 0.29) is 12.6 Å². The zero-order chi connectivity index (χ0) is 19.1. The first-order valence-electron chi connectivity index (χ1n) is 8.91. The molecule has 0 aliphatic carbocycles. The van der Waals surface area contributed by atoms with Gasteiger partial charge in [0.15, 0.2) is 0 Å². The number of amides is 2. The maximum atomic E-state index is 11.9. The number of fused-ring (bicyclic) bond motifs is 1. The number of ether oxygens (including phenoxy) is 1. The summed E-state index contributed by atoms with van der Waals surface area (Å²) in [5, 5.41) is 15.6. The molecule has 7 heteroatoms. The van der Waals surface area contributed by atoms with Crippen LogP contribution in [-0.2, 0) is 6.54 Å². The Hall–Kier alpha value is -3.06. The van der Waals surface area contributed by atoms with Crippen LogP contribution in [0, 0.1) is 0 Å². The highest BCUT2D eigenvalue weighted by atomic mass is 16.5. The molecule has 1 aromatic heterocycles. The van der Waals surface area contributed by atoms with Crippen LogP contribution < -0.4 is 15.4 Å². The maximum absolute atomic E-state index is 11.9. The Morgan fingerprint density at radius 1 is 1.19 bits per heavy atom. The lowest BCUT2D eigenvalue weighted by atomic mass is 10.1. The van der Waals surface area contributed by atoms with Crippen molar-refractivity contribution in [3.05, 3.63) is 60.4 Å². The highest BCUT2D eigenvalue weighted by Crippen LogP contribution is 2.17. The summed E-state index contributed by atoms with van der Waals surface area (Å²) in [6.07, 6.45) is 1.84. The molecule has 3 N–H and O–H groups in total. The van der Waals surface area contributed by atoms with Crippen molar-refractivity contribution in [1.82, 2.24) is 20.2 Å². The summed E-state index contributed by atoms with van der Waals surface area (Å²) in [7, 11) is 1.59. The van der Waals surface area contributed by atoms with Gasteiger partial charge in [-0.2, -0.15) is 0 Å². The lowest BCUT2D eigenvalue weighted by Crippen LogP contribution is -2.38. The second kappa shape index (κ2) is 9.05. The SMILES string of the molecule is COc1ccc(C(O)CNC(=O)NCCCn2cnc3ccccc32)cc1. The Bertz CT molecular complexity index is 876. The summed E-state index contributed by atoms with van der Waals surface area (Å²) >= 11 is 0. The third-order valence-electron chi connectivity index (χ3n) is 4.35. The van der Waals surface area contributed by atoms with Gasteiger partial charge in [0.1, 0.15) is 5.75 Å². The number of imidazole rings is 1. The van der Waals surface area contributed by atoms with Crippen LogP contribution in [0.15, 0.2) is 54.9 Å². The Labute approximate surface area is 158 Å². The van der Waals surface area contributed by atoms with Crippen molar-refractivity contribution in [3.63, 3.8) is 0 Å². The first-order valence-corrected chi connectivity index (χ1v) is 8.91. The van der Waals surface area contributed by atoms with Gasteiger partial charge in [-0.05, 0) is 36.2 Å². The molecule has 142 valence electrons. The van der Waals surface area contributed by atoms with Crippen LogP contribution in [0.1, 0.15) is 18.1 Å². The number of aromatic nitrogens is 2. The number of nitrogens with zero attached hydrogens (tertiary/aromatic N) is 2. The molecule has 3 aromatic rings. The summed E-state index contributed by atoms with van der Waals surface area (Å²) in [4.78, 5) is 16.2. The average Bonchev–Trinajstić information content (AvgIpc) is 3.12. The van der Waals surface area contributed by atoms with Crippen molar-refractivity contribution in [2.24, 2.45) is 0 Å². The number of carbonyl (C=O) groups excluding carboxylic acids is 1. The minimum Gasteiger partial charge on any atom is -0.497 e. The van der Waals surface area contributed by atoms with Crippen molar-refractivity contribution in [3.8, 4) is 5.75 Å². The van der Waals surface area contributed by atoms with Gasteiger partial charge in [0.25, 0.3) is 0 Å². The summed E-state index contributed by atoms with van der Waals surface area (Å²) in [6, 6.07) is 14.8. The van der Waals surface area contributed by atoms with Gasteiger partial charge in [-0.25, -0.2) is 9.78 Å². The number of rotatable bonds is 8. The fraction of sp³-hybridized carbons (Fsp3) is 0.300. The highest BCUT2D eigenvalue weighted by Gasteiger charge is 2.09. The summed E-state index contributed by atoms with van der Waals surface area (Å²) in [5.41, 5.74) is 2.78. The quantitative estimate of drug-likeness (QED) is 0.533. The fourth-order valence-electron chi connectivity index (χ4n) is 2.84. The number of methoxy groups -OCH3 is 1. The summed E-state index contributed by atoms with van der Waals surface area (Å²) in [5.74, 6) is 0.724. The molecule has 0 saturated heterocycles. The zero-order valence-electron chi connectivity index (χ0n) is 15.3.